The molecular formula is C15H29NO4. The van der Waals surface area contributed by atoms with Gasteiger partial charge in [0.25, 0.3) is 0 Å². The molecule has 0 aromatic rings. The Morgan fingerprint density at radius 1 is 1.15 bits per heavy atom. The number of ether oxygens (including phenoxy) is 1. The van der Waals surface area contributed by atoms with E-state index in [1.807, 2.05) is 6.92 Å². The zero-order valence-electron chi connectivity index (χ0n) is 13.4. The van der Waals surface area contributed by atoms with E-state index >= 15 is 0 Å². The third-order valence-corrected chi connectivity index (χ3v) is 3.36. The number of hydrogen-bond donors (Lipinski definition) is 2. The van der Waals surface area contributed by atoms with Gasteiger partial charge in [0, 0.05) is 6.54 Å². The standard InChI is InChI=1S/C15H29NO4/c1-6-8-9-10-15(7-2,12(17)18)11-16-13(19)20-14(3,4)5/h6-11H2,1-5H3,(H,16,19)(H,17,18). The highest BCUT2D eigenvalue weighted by molar-refractivity contribution is 5.76. The van der Waals surface area contributed by atoms with E-state index in [2.05, 4.69) is 12.2 Å². The minimum Gasteiger partial charge on any atom is -0.481 e. The van der Waals surface area contributed by atoms with Crippen molar-refractivity contribution in [3.05, 3.63) is 0 Å². The number of carbonyl (C=O) groups excluding carboxylic acids is 1. The van der Waals surface area contributed by atoms with Gasteiger partial charge in [-0.15, -0.1) is 0 Å². The summed E-state index contributed by atoms with van der Waals surface area (Å²) in [5.74, 6) is -0.854. The molecule has 0 aliphatic heterocycles. The largest absolute Gasteiger partial charge is 0.481 e. The summed E-state index contributed by atoms with van der Waals surface area (Å²) in [6.07, 6.45) is 3.39. The van der Waals surface area contributed by atoms with Gasteiger partial charge in [-0.3, -0.25) is 4.79 Å². The summed E-state index contributed by atoms with van der Waals surface area (Å²) < 4.78 is 5.14. The summed E-state index contributed by atoms with van der Waals surface area (Å²) in [7, 11) is 0. The number of carboxylic acids is 1. The molecule has 1 amide bonds. The molecule has 0 rings (SSSR count). The fraction of sp³-hybridized carbons (Fsp3) is 0.867. The van der Waals surface area contributed by atoms with Gasteiger partial charge in [-0.25, -0.2) is 4.79 Å². The van der Waals surface area contributed by atoms with Crippen molar-refractivity contribution >= 4 is 12.1 Å². The smallest absolute Gasteiger partial charge is 0.407 e. The Balaban J connectivity index is 4.57. The van der Waals surface area contributed by atoms with Crippen LogP contribution >= 0.6 is 0 Å². The topological polar surface area (TPSA) is 75.6 Å². The molecule has 0 aromatic carbocycles. The van der Waals surface area contributed by atoms with Crippen LogP contribution in [0.25, 0.3) is 0 Å². The summed E-state index contributed by atoms with van der Waals surface area (Å²) in [6.45, 7) is 9.36. The molecule has 0 bridgehead atoms. The molecule has 2 N–H and O–H groups in total. The quantitative estimate of drug-likeness (QED) is 0.669. The molecule has 5 heteroatoms. The second kappa shape index (κ2) is 8.12. The molecule has 0 fully saturated rings. The third kappa shape index (κ3) is 6.78. The van der Waals surface area contributed by atoms with E-state index in [1.165, 1.54) is 0 Å². The van der Waals surface area contributed by atoms with Gasteiger partial charge in [0.15, 0.2) is 0 Å². The maximum atomic E-state index is 11.6. The minimum absolute atomic E-state index is 0.109. The zero-order valence-corrected chi connectivity index (χ0v) is 13.4. The first-order chi connectivity index (χ1) is 9.17. The Bertz CT molecular complexity index is 322. The van der Waals surface area contributed by atoms with Crippen LogP contribution in [0.4, 0.5) is 4.79 Å². The number of unbranched alkanes of at least 4 members (excludes halogenated alkanes) is 2. The van der Waals surface area contributed by atoms with Crippen molar-refractivity contribution in [2.75, 3.05) is 6.54 Å². The maximum Gasteiger partial charge on any atom is 0.407 e. The number of carbonyl (C=O) groups is 2. The first-order valence-corrected chi connectivity index (χ1v) is 7.37. The molecule has 20 heavy (non-hydrogen) atoms. The molecule has 0 aromatic heterocycles. The number of alkyl carbamates (subject to hydrolysis) is 1. The highest BCUT2D eigenvalue weighted by Gasteiger charge is 2.36. The molecule has 5 nitrogen and oxygen atoms in total. The van der Waals surface area contributed by atoms with Gasteiger partial charge in [0.05, 0.1) is 5.41 Å². The predicted molar refractivity (Wildman–Crippen MR) is 78.7 cm³/mol. The summed E-state index contributed by atoms with van der Waals surface area (Å²) in [6, 6.07) is 0. The molecule has 0 aliphatic carbocycles. The van der Waals surface area contributed by atoms with E-state index in [9.17, 15) is 14.7 Å². The van der Waals surface area contributed by atoms with Crippen LogP contribution in [-0.2, 0) is 9.53 Å². The van der Waals surface area contributed by atoms with Crippen molar-refractivity contribution in [2.45, 2.75) is 72.3 Å². The lowest BCUT2D eigenvalue weighted by molar-refractivity contribution is -0.149. The highest BCUT2D eigenvalue weighted by Crippen LogP contribution is 2.29. The number of carboxylic acid groups (broad SMARTS) is 1. The lowest BCUT2D eigenvalue weighted by atomic mass is 9.80. The average molecular weight is 287 g/mol. The molecule has 0 saturated heterocycles. The number of rotatable bonds is 8. The van der Waals surface area contributed by atoms with Crippen LogP contribution in [0.15, 0.2) is 0 Å². The van der Waals surface area contributed by atoms with E-state index < -0.39 is 23.1 Å². The maximum absolute atomic E-state index is 11.6. The Labute approximate surface area is 122 Å². The van der Waals surface area contributed by atoms with Crippen molar-refractivity contribution in [3.63, 3.8) is 0 Å². The number of nitrogens with one attached hydrogen (secondary N) is 1. The van der Waals surface area contributed by atoms with E-state index in [1.54, 1.807) is 20.8 Å². The number of hydrogen-bond acceptors (Lipinski definition) is 3. The Hall–Kier alpha value is -1.26. The summed E-state index contributed by atoms with van der Waals surface area (Å²) in [4.78, 5) is 23.2. The molecule has 0 aliphatic rings. The Morgan fingerprint density at radius 2 is 1.75 bits per heavy atom. The fourth-order valence-corrected chi connectivity index (χ4v) is 1.99. The van der Waals surface area contributed by atoms with Crippen LogP contribution in [0.2, 0.25) is 0 Å². The highest BCUT2D eigenvalue weighted by atomic mass is 16.6. The van der Waals surface area contributed by atoms with E-state index in [0.717, 1.165) is 19.3 Å². The molecule has 0 spiro atoms. The van der Waals surface area contributed by atoms with Gasteiger partial charge in [0.1, 0.15) is 5.60 Å². The van der Waals surface area contributed by atoms with Crippen molar-refractivity contribution in [3.8, 4) is 0 Å². The van der Waals surface area contributed by atoms with Crippen molar-refractivity contribution in [1.82, 2.24) is 5.32 Å². The Kier molecular flexibility index (Phi) is 7.61. The summed E-state index contributed by atoms with van der Waals surface area (Å²) >= 11 is 0. The van der Waals surface area contributed by atoms with E-state index in [0.29, 0.717) is 12.8 Å². The summed E-state index contributed by atoms with van der Waals surface area (Å²) in [5, 5.41) is 12.1. The Morgan fingerprint density at radius 3 is 2.15 bits per heavy atom. The first-order valence-electron chi connectivity index (χ1n) is 7.37. The van der Waals surface area contributed by atoms with Crippen LogP contribution in [0.5, 0.6) is 0 Å². The normalized spacial score (nSPS) is 14.4. The average Bonchev–Trinajstić information content (AvgIpc) is 2.31. The minimum atomic E-state index is -0.897. The molecular weight excluding hydrogens is 258 g/mol. The lowest BCUT2D eigenvalue weighted by Gasteiger charge is -2.29. The van der Waals surface area contributed by atoms with Crippen LogP contribution in [0.1, 0.15) is 66.7 Å². The van der Waals surface area contributed by atoms with Gasteiger partial charge in [-0.05, 0) is 33.6 Å². The SMILES string of the molecule is CCCCCC(CC)(CNC(=O)OC(C)(C)C)C(=O)O. The third-order valence-electron chi connectivity index (χ3n) is 3.36. The zero-order chi connectivity index (χ0) is 15.8. The van der Waals surface area contributed by atoms with Crippen molar-refractivity contribution in [2.24, 2.45) is 5.41 Å². The van der Waals surface area contributed by atoms with Crippen molar-refractivity contribution in [1.29, 1.82) is 0 Å². The first kappa shape index (κ1) is 18.7. The van der Waals surface area contributed by atoms with Gasteiger partial charge in [-0.1, -0.05) is 33.1 Å². The van der Waals surface area contributed by atoms with E-state index in [4.69, 9.17) is 4.74 Å². The molecule has 0 radical (unpaired) electrons. The van der Waals surface area contributed by atoms with Gasteiger partial charge in [0.2, 0.25) is 0 Å². The molecule has 0 saturated carbocycles. The van der Waals surface area contributed by atoms with Crippen LogP contribution in [0, 0.1) is 5.41 Å². The molecule has 1 atom stereocenters. The predicted octanol–water partition coefficient (Wildman–Crippen LogP) is 3.57. The van der Waals surface area contributed by atoms with Gasteiger partial charge < -0.3 is 15.2 Å². The lowest BCUT2D eigenvalue weighted by Crippen LogP contribution is -2.44. The molecule has 1 unspecified atom stereocenters. The van der Waals surface area contributed by atoms with Crippen LogP contribution in [0.3, 0.4) is 0 Å². The van der Waals surface area contributed by atoms with E-state index in [-0.39, 0.29) is 6.54 Å². The number of amides is 1. The second-order valence-corrected chi connectivity index (χ2v) is 6.25. The van der Waals surface area contributed by atoms with Crippen LogP contribution in [-0.4, -0.2) is 29.3 Å². The molecule has 118 valence electrons. The van der Waals surface area contributed by atoms with Crippen LogP contribution < -0.4 is 5.32 Å². The van der Waals surface area contributed by atoms with Crippen molar-refractivity contribution < 1.29 is 19.4 Å². The summed E-state index contributed by atoms with van der Waals surface area (Å²) in [5.41, 5.74) is -1.48. The van der Waals surface area contributed by atoms with Gasteiger partial charge in [-0.2, -0.15) is 0 Å². The monoisotopic (exact) mass is 287 g/mol. The fourth-order valence-electron chi connectivity index (χ4n) is 1.99. The molecule has 0 heterocycles. The number of aliphatic carboxylic acids is 1. The second-order valence-electron chi connectivity index (χ2n) is 6.25. The van der Waals surface area contributed by atoms with Gasteiger partial charge >= 0.3 is 12.1 Å².